The van der Waals surface area contributed by atoms with Gasteiger partial charge in [-0.3, -0.25) is 4.79 Å². The van der Waals surface area contributed by atoms with Crippen molar-refractivity contribution in [1.82, 2.24) is 9.47 Å². The van der Waals surface area contributed by atoms with Gasteiger partial charge in [-0.2, -0.15) is 0 Å². The molecule has 0 spiro atoms. The molecule has 0 bridgehead atoms. The van der Waals surface area contributed by atoms with Gasteiger partial charge in [-0.05, 0) is 60.9 Å². The summed E-state index contributed by atoms with van der Waals surface area (Å²) in [6.45, 7) is 1.50. The number of benzene rings is 2. The van der Waals surface area contributed by atoms with Crippen molar-refractivity contribution in [2.75, 3.05) is 6.79 Å². The molecule has 2 aliphatic rings. The van der Waals surface area contributed by atoms with E-state index < -0.39 is 0 Å². The van der Waals surface area contributed by atoms with Crippen LogP contribution in [0.2, 0.25) is 5.02 Å². The van der Waals surface area contributed by atoms with Crippen LogP contribution in [0.3, 0.4) is 0 Å². The molecule has 0 saturated heterocycles. The van der Waals surface area contributed by atoms with E-state index in [0.717, 1.165) is 35.7 Å². The zero-order chi connectivity index (χ0) is 21.9. The molecule has 0 atom stereocenters. The van der Waals surface area contributed by atoms with Gasteiger partial charge in [-0.25, -0.2) is 0 Å². The zero-order valence-electron chi connectivity index (χ0n) is 18.0. The van der Waals surface area contributed by atoms with Gasteiger partial charge < -0.3 is 18.9 Å². The molecule has 1 amide bonds. The van der Waals surface area contributed by atoms with Crippen LogP contribution in [0.1, 0.15) is 53.7 Å². The topological polar surface area (TPSA) is 43.7 Å². The van der Waals surface area contributed by atoms with E-state index in [1.54, 1.807) is 0 Å². The molecule has 5 nitrogen and oxygen atoms in total. The van der Waals surface area contributed by atoms with Gasteiger partial charge in [0.05, 0.1) is 6.54 Å². The Hall–Kier alpha value is -2.92. The summed E-state index contributed by atoms with van der Waals surface area (Å²) in [6.07, 6.45) is 7.74. The van der Waals surface area contributed by atoms with E-state index in [1.165, 1.54) is 19.3 Å². The zero-order valence-corrected chi connectivity index (χ0v) is 18.8. The largest absolute Gasteiger partial charge is 0.454 e. The van der Waals surface area contributed by atoms with E-state index in [0.29, 0.717) is 23.6 Å². The molecule has 1 aromatic heterocycles. The third-order valence-electron chi connectivity index (χ3n) is 6.39. The average Bonchev–Trinajstić information content (AvgIpc) is 3.46. The summed E-state index contributed by atoms with van der Waals surface area (Å²) in [6, 6.07) is 17.8. The molecule has 3 aromatic rings. The van der Waals surface area contributed by atoms with E-state index in [-0.39, 0.29) is 18.7 Å². The Balaban J connectivity index is 1.41. The average molecular weight is 451 g/mol. The number of ether oxygens (including phenoxy) is 2. The Bertz CT molecular complexity index is 1100. The number of aromatic nitrogens is 1. The van der Waals surface area contributed by atoms with Gasteiger partial charge in [-0.1, -0.05) is 43.0 Å². The van der Waals surface area contributed by atoms with Crippen molar-refractivity contribution >= 4 is 17.5 Å². The Morgan fingerprint density at radius 2 is 1.84 bits per heavy atom. The second kappa shape index (κ2) is 9.29. The highest BCUT2D eigenvalue weighted by Crippen LogP contribution is 2.34. The number of hydrogen-bond donors (Lipinski definition) is 0. The molecule has 0 N–H and O–H groups in total. The quantitative estimate of drug-likeness (QED) is 0.470. The normalized spacial score (nSPS) is 15.7. The highest BCUT2D eigenvalue weighted by Gasteiger charge is 2.28. The highest BCUT2D eigenvalue weighted by atomic mass is 35.5. The number of hydrogen-bond acceptors (Lipinski definition) is 3. The molecule has 166 valence electrons. The number of rotatable bonds is 6. The lowest BCUT2D eigenvalue weighted by Gasteiger charge is -2.35. The molecule has 2 aromatic carbocycles. The van der Waals surface area contributed by atoms with Crippen molar-refractivity contribution < 1.29 is 14.3 Å². The fourth-order valence-corrected chi connectivity index (χ4v) is 4.92. The van der Waals surface area contributed by atoms with Gasteiger partial charge in [0.2, 0.25) is 6.79 Å². The monoisotopic (exact) mass is 450 g/mol. The van der Waals surface area contributed by atoms with Crippen LogP contribution in [0.15, 0.2) is 60.8 Å². The van der Waals surface area contributed by atoms with Crippen LogP contribution in [-0.4, -0.2) is 28.2 Å². The number of carbonyl (C=O) groups is 1. The Morgan fingerprint density at radius 3 is 2.69 bits per heavy atom. The predicted octanol–water partition coefficient (Wildman–Crippen LogP) is 5.89. The summed E-state index contributed by atoms with van der Waals surface area (Å²) < 4.78 is 13.1. The van der Waals surface area contributed by atoms with Gasteiger partial charge in [0.25, 0.3) is 5.91 Å². The van der Waals surface area contributed by atoms with E-state index in [2.05, 4.69) is 27.8 Å². The van der Waals surface area contributed by atoms with Gasteiger partial charge in [0, 0.05) is 35.1 Å². The molecule has 1 fully saturated rings. The third kappa shape index (κ3) is 4.49. The van der Waals surface area contributed by atoms with E-state index in [4.69, 9.17) is 21.1 Å². The lowest BCUT2D eigenvalue weighted by molar-refractivity contribution is 0.0608. The second-order valence-corrected chi connectivity index (χ2v) is 8.99. The summed E-state index contributed by atoms with van der Waals surface area (Å²) in [4.78, 5) is 15.7. The number of fused-ring (bicyclic) bond motifs is 1. The predicted molar refractivity (Wildman–Crippen MR) is 124 cm³/mol. The van der Waals surface area contributed by atoms with E-state index >= 15 is 0 Å². The third-order valence-corrected chi connectivity index (χ3v) is 6.63. The van der Waals surface area contributed by atoms with Crippen molar-refractivity contribution in [2.45, 2.75) is 51.2 Å². The first-order valence-electron chi connectivity index (χ1n) is 11.3. The Morgan fingerprint density at radius 1 is 1.00 bits per heavy atom. The van der Waals surface area contributed by atoms with Crippen LogP contribution < -0.4 is 9.47 Å². The van der Waals surface area contributed by atoms with Crippen LogP contribution >= 0.6 is 11.6 Å². The summed E-state index contributed by atoms with van der Waals surface area (Å²) in [5, 5.41) is 0.734. The van der Waals surface area contributed by atoms with Gasteiger partial charge in [0.15, 0.2) is 11.5 Å². The summed E-state index contributed by atoms with van der Waals surface area (Å²) >= 11 is 6.18. The maximum absolute atomic E-state index is 13.7. The summed E-state index contributed by atoms with van der Waals surface area (Å²) in [5.41, 5.74) is 2.90. The molecular weight excluding hydrogens is 424 g/mol. The van der Waals surface area contributed by atoms with Crippen LogP contribution in [0.25, 0.3) is 0 Å². The van der Waals surface area contributed by atoms with Gasteiger partial charge in [0.1, 0.15) is 0 Å². The molecular formula is C26H27ClN2O3. The van der Waals surface area contributed by atoms with Crippen molar-refractivity contribution in [1.29, 1.82) is 0 Å². The molecule has 5 rings (SSSR count). The number of nitrogens with zero attached hydrogens (tertiary/aromatic N) is 2. The molecule has 1 aliphatic heterocycles. The van der Waals surface area contributed by atoms with Crippen molar-refractivity contribution in [3.05, 3.63) is 82.6 Å². The summed E-state index contributed by atoms with van der Waals surface area (Å²) in [5.74, 6) is 1.38. The van der Waals surface area contributed by atoms with Crippen LogP contribution in [0, 0.1) is 0 Å². The Kier molecular flexibility index (Phi) is 6.08. The fraction of sp³-hybridized carbons (Fsp3) is 0.346. The minimum absolute atomic E-state index is 0.0469. The van der Waals surface area contributed by atoms with Crippen molar-refractivity contribution in [2.24, 2.45) is 0 Å². The highest BCUT2D eigenvalue weighted by molar-refractivity contribution is 6.30. The Labute approximate surface area is 193 Å². The summed E-state index contributed by atoms with van der Waals surface area (Å²) in [7, 11) is 0. The maximum atomic E-state index is 13.7. The number of carbonyl (C=O) groups excluding carboxylic acids is 1. The fourth-order valence-electron chi connectivity index (χ4n) is 4.71. The van der Waals surface area contributed by atoms with E-state index in [9.17, 15) is 4.79 Å². The van der Waals surface area contributed by atoms with Crippen molar-refractivity contribution in [3.63, 3.8) is 0 Å². The van der Waals surface area contributed by atoms with E-state index in [1.807, 2.05) is 42.5 Å². The molecule has 2 heterocycles. The number of halogens is 1. The second-order valence-electron chi connectivity index (χ2n) is 8.55. The SMILES string of the molecule is O=C(c1ccc2c(c1)OCO2)N(Cc1cccn1Cc1cccc(Cl)c1)C1CCCCC1. The molecule has 1 aliphatic carbocycles. The smallest absolute Gasteiger partial charge is 0.254 e. The molecule has 32 heavy (non-hydrogen) atoms. The van der Waals surface area contributed by atoms with Gasteiger partial charge >= 0.3 is 0 Å². The van der Waals surface area contributed by atoms with Gasteiger partial charge in [-0.15, -0.1) is 0 Å². The molecule has 1 saturated carbocycles. The standard InChI is InChI=1S/C26H27ClN2O3/c27-21-7-4-6-19(14-21)16-28-13-5-10-23(28)17-29(22-8-2-1-3-9-22)26(30)20-11-12-24-25(15-20)32-18-31-24/h4-7,10-15,22H,1-3,8-9,16-18H2. The first-order chi connectivity index (χ1) is 15.7. The minimum atomic E-state index is 0.0469. The minimum Gasteiger partial charge on any atom is -0.454 e. The lowest BCUT2D eigenvalue weighted by Crippen LogP contribution is -2.41. The molecule has 6 heteroatoms. The first kappa shape index (κ1) is 21.0. The molecule has 0 radical (unpaired) electrons. The maximum Gasteiger partial charge on any atom is 0.254 e. The number of amides is 1. The van der Waals surface area contributed by atoms with Crippen LogP contribution in [-0.2, 0) is 13.1 Å². The van der Waals surface area contributed by atoms with Crippen molar-refractivity contribution in [3.8, 4) is 11.5 Å². The molecule has 0 unspecified atom stereocenters. The first-order valence-corrected chi connectivity index (χ1v) is 11.6. The lowest BCUT2D eigenvalue weighted by atomic mass is 9.93. The van der Waals surface area contributed by atoms with Crippen LogP contribution in [0.4, 0.5) is 0 Å². The van der Waals surface area contributed by atoms with Crippen LogP contribution in [0.5, 0.6) is 11.5 Å².